The Hall–Kier alpha value is -0.530. The molecule has 2 nitrogen and oxygen atoms in total. The summed E-state index contributed by atoms with van der Waals surface area (Å²) in [6, 6.07) is 0. The van der Waals surface area contributed by atoms with E-state index in [2.05, 4.69) is 5.32 Å². The number of nitrogens with zero attached hydrogens (tertiary/aromatic N) is 1. The molecule has 0 aliphatic heterocycles. The molecule has 0 aromatic carbocycles. The largest absolute Gasteiger partial charge is 0.273 e. The minimum absolute atomic E-state index is 0.0223. The summed E-state index contributed by atoms with van der Waals surface area (Å²) in [4.78, 5) is 10.6. The van der Waals surface area contributed by atoms with Crippen LogP contribution in [0.2, 0.25) is 0 Å². The van der Waals surface area contributed by atoms with Gasteiger partial charge in [0.25, 0.3) is 0 Å². The standard InChI is InChI=1S/C12H22NO/c1-11(14)13-10-6-9-12-7-4-2-3-5-8-12/h12H,2-10H2,1H3. The molecule has 0 unspecified atom stereocenters. The monoisotopic (exact) mass is 196 g/mol. The van der Waals surface area contributed by atoms with Gasteiger partial charge in [-0.25, -0.2) is 0 Å². The van der Waals surface area contributed by atoms with Crippen molar-refractivity contribution in [3.8, 4) is 0 Å². The maximum Gasteiger partial charge on any atom is 0.238 e. The molecule has 14 heavy (non-hydrogen) atoms. The third-order valence-electron chi connectivity index (χ3n) is 3.08. The second-order valence-corrected chi connectivity index (χ2v) is 4.40. The third-order valence-corrected chi connectivity index (χ3v) is 3.08. The summed E-state index contributed by atoms with van der Waals surface area (Å²) in [6.45, 7) is 2.28. The van der Waals surface area contributed by atoms with Crippen LogP contribution in [0.1, 0.15) is 58.3 Å². The van der Waals surface area contributed by atoms with Crippen LogP contribution in [0.5, 0.6) is 0 Å². The van der Waals surface area contributed by atoms with E-state index in [1.165, 1.54) is 51.9 Å². The Balaban J connectivity index is 2.01. The molecule has 1 fully saturated rings. The van der Waals surface area contributed by atoms with Gasteiger partial charge in [0, 0.05) is 13.5 Å². The molecule has 1 aliphatic carbocycles. The average molecular weight is 196 g/mol. The first-order valence-corrected chi connectivity index (χ1v) is 5.97. The van der Waals surface area contributed by atoms with Gasteiger partial charge in [0.2, 0.25) is 5.91 Å². The summed E-state index contributed by atoms with van der Waals surface area (Å²) in [7, 11) is 0. The summed E-state index contributed by atoms with van der Waals surface area (Å²) >= 11 is 0. The van der Waals surface area contributed by atoms with E-state index in [0.29, 0.717) is 0 Å². The first kappa shape index (κ1) is 11.5. The van der Waals surface area contributed by atoms with Crippen LogP contribution in [-0.4, -0.2) is 12.5 Å². The SMILES string of the molecule is CC(=O)[N]CCCC1CCCCCC1. The zero-order valence-electron chi connectivity index (χ0n) is 9.30. The van der Waals surface area contributed by atoms with Crippen molar-refractivity contribution >= 4 is 5.91 Å². The first-order chi connectivity index (χ1) is 6.79. The second kappa shape index (κ2) is 6.86. The van der Waals surface area contributed by atoms with Crippen molar-refractivity contribution in [1.82, 2.24) is 5.32 Å². The zero-order chi connectivity index (χ0) is 10.2. The molecule has 0 saturated heterocycles. The fourth-order valence-electron chi connectivity index (χ4n) is 2.27. The summed E-state index contributed by atoms with van der Waals surface area (Å²) in [5, 5.41) is 3.89. The average Bonchev–Trinajstić information content (AvgIpc) is 2.40. The highest BCUT2D eigenvalue weighted by Gasteiger charge is 2.11. The number of hydrogen-bond donors (Lipinski definition) is 0. The van der Waals surface area contributed by atoms with Gasteiger partial charge < -0.3 is 0 Å². The Labute approximate surface area is 87.5 Å². The Morgan fingerprint density at radius 3 is 2.43 bits per heavy atom. The molecule has 81 valence electrons. The van der Waals surface area contributed by atoms with E-state index in [1.54, 1.807) is 0 Å². The first-order valence-electron chi connectivity index (χ1n) is 5.97. The molecule has 1 saturated carbocycles. The zero-order valence-corrected chi connectivity index (χ0v) is 9.30. The third kappa shape index (κ3) is 5.25. The normalized spacial score (nSPS) is 18.9. The summed E-state index contributed by atoms with van der Waals surface area (Å²) in [5.41, 5.74) is 0. The van der Waals surface area contributed by atoms with Gasteiger partial charge in [0.05, 0.1) is 0 Å². The van der Waals surface area contributed by atoms with Crippen LogP contribution < -0.4 is 5.32 Å². The quantitative estimate of drug-likeness (QED) is 0.502. The lowest BCUT2D eigenvalue weighted by molar-refractivity contribution is -0.119. The van der Waals surface area contributed by atoms with E-state index in [0.717, 1.165) is 18.9 Å². The van der Waals surface area contributed by atoms with Crippen molar-refractivity contribution in [1.29, 1.82) is 0 Å². The van der Waals surface area contributed by atoms with Gasteiger partial charge in [0.15, 0.2) is 0 Å². The van der Waals surface area contributed by atoms with E-state index in [9.17, 15) is 4.79 Å². The van der Waals surface area contributed by atoms with Gasteiger partial charge in [-0.2, -0.15) is 0 Å². The van der Waals surface area contributed by atoms with E-state index >= 15 is 0 Å². The Bertz CT molecular complexity index is 160. The van der Waals surface area contributed by atoms with Gasteiger partial charge in [-0.3, -0.25) is 10.1 Å². The van der Waals surface area contributed by atoms with E-state index < -0.39 is 0 Å². The fourth-order valence-corrected chi connectivity index (χ4v) is 2.27. The highest BCUT2D eigenvalue weighted by molar-refractivity contribution is 5.72. The maximum absolute atomic E-state index is 10.6. The van der Waals surface area contributed by atoms with Crippen molar-refractivity contribution in [3.63, 3.8) is 0 Å². The van der Waals surface area contributed by atoms with Crippen LogP contribution in [0.15, 0.2) is 0 Å². The van der Waals surface area contributed by atoms with Crippen molar-refractivity contribution in [3.05, 3.63) is 0 Å². The number of rotatable bonds is 4. The Morgan fingerprint density at radius 2 is 1.86 bits per heavy atom. The maximum atomic E-state index is 10.6. The lowest BCUT2D eigenvalue weighted by atomic mass is 9.95. The molecule has 1 aliphatic rings. The molecular formula is C12H22NO. The van der Waals surface area contributed by atoms with Crippen molar-refractivity contribution in [2.24, 2.45) is 5.92 Å². The van der Waals surface area contributed by atoms with Crippen LogP contribution >= 0.6 is 0 Å². The lowest BCUT2D eigenvalue weighted by Gasteiger charge is -2.12. The topological polar surface area (TPSA) is 31.2 Å². The highest BCUT2D eigenvalue weighted by atomic mass is 16.1. The van der Waals surface area contributed by atoms with Gasteiger partial charge in [-0.1, -0.05) is 38.5 Å². The van der Waals surface area contributed by atoms with E-state index in [4.69, 9.17) is 0 Å². The number of amides is 1. The van der Waals surface area contributed by atoms with Crippen LogP contribution in [0, 0.1) is 5.92 Å². The molecule has 1 rings (SSSR count). The molecule has 0 atom stereocenters. The number of carbonyl (C=O) groups is 1. The molecule has 0 aromatic heterocycles. The number of carbonyl (C=O) groups excluding carboxylic acids is 1. The van der Waals surface area contributed by atoms with E-state index in [1.807, 2.05) is 0 Å². The van der Waals surface area contributed by atoms with Crippen LogP contribution in [-0.2, 0) is 4.79 Å². The molecule has 0 bridgehead atoms. The minimum atomic E-state index is -0.0223. The van der Waals surface area contributed by atoms with Gasteiger partial charge >= 0.3 is 0 Å². The molecule has 2 heteroatoms. The van der Waals surface area contributed by atoms with Crippen molar-refractivity contribution < 1.29 is 4.79 Å². The fraction of sp³-hybridized carbons (Fsp3) is 0.917. The van der Waals surface area contributed by atoms with Gasteiger partial charge in [0.1, 0.15) is 0 Å². The van der Waals surface area contributed by atoms with Crippen LogP contribution in [0.3, 0.4) is 0 Å². The van der Waals surface area contributed by atoms with Crippen LogP contribution in [0.4, 0.5) is 0 Å². The van der Waals surface area contributed by atoms with Crippen molar-refractivity contribution in [2.75, 3.05) is 6.54 Å². The minimum Gasteiger partial charge on any atom is -0.273 e. The van der Waals surface area contributed by atoms with Gasteiger partial charge in [-0.05, 0) is 18.8 Å². The molecule has 1 radical (unpaired) electrons. The summed E-state index contributed by atoms with van der Waals surface area (Å²) < 4.78 is 0. The number of hydrogen-bond acceptors (Lipinski definition) is 1. The highest BCUT2D eigenvalue weighted by Crippen LogP contribution is 2.26. The Kier molecular flexibility index (Phi) is 5.65. The van der Waals surface area contributed by atoms with Crippen LogP contribution in [0.25, 0.3) is 0 Å². The molecule has 1 amide bonds. The molecule has 0 aromatic rings. The van der Waals surface area contributed by atoms with E-state index in [-0.39, 0.29) is 5.91 Å². The molecule has 0 heterocycles. The Morgan fingerprint density at radius 1 is 1.21 bits per heavy atom. The smallest absolute Gasteiger partial charge is 0.238 e. The predicted molar refractivity (Wildman–Crippen MR) is 58.1 cm³/mol. The van der Waals surface area contributed by atoms with Crippen molar-refractivity contribution in [2.45, 2.75) is 58.3 Å². The second-order valence-electron chi connectivity index (χ2n) is 4.40. The summed E-state index contributed by atoms with van der Waals surface area (Å²) in [6.07, 6.45) is 10.9. The molecular weight excluding hydrogens is 174 g/mol. The molecule has 0 N–H and O–H groups in total. The lowest BCUT2D eigenvalue weighted by Crippen LogP contribution is -2.13. The van der Waals surface area contributed by atoms with Gasteiger partial charge in [-0.15, -0.1) is 0 Å². The molecule has 0 spiro atoms. The predicted octanol–water partition coefficient (Wildman–Crippen LogP) is 2.89. The summed E-state index contributed by atoms with van der Waals surface area (Å²) in [5.74, 6) is 0.894.